The first-order valence-electron chi connectivity index (χ1n) is 7.46. The van der Waals surface area contributed by atoms with E-state index in [0.717, 1.165) is 12.8 Å². The van der Waals surface area contributed by atoms with Gasteiger partial charge >= 0.3 is 5.97 Å². The summed E-state index contributed by atoms with van der Waals surface area (Å²) in [5.74, 6) is 0.152. The van der Waals surface area contributed by atoms with Crippen LogP contribution in [0.5, 0.6) is 5.75 Å². The standard InChI is InChI=1S/C17H17FN2O3/c1-10(12-5-6-15(22-2)13(18)9-12)23-17(21)14-7-8-19-16(20-14)11-3-4-11/h5-11H,3-4H2,1-2H3/t10-/m0/s1. The maximum absolute atomic E-state index is 13.7. The van der Waals surface area contributed by atoms with Gasteiger partial charge < -0.3 is 9.47 Å². The largest absolute Gasteiger partial charge is 0.494 e. The number of hydrogen-bond acceptors (Lipinski definition) is 5. The van der Waals surface area contributed by atoms with Gasteiger partial charge in [0.1, 0.15) is 11.9 Å². The minimum Gasteiger partial charge on any atom is -0.494 e. The lowest BCUT2D eigenvalue weighted by molar-refractivity contribution is 0.0329. The van der Waals surface area contributed by atoms with Crippen molar-refractivity contribution < 1.29 is 18.7 Å². The van der Waals surface area contributed by atoms with E-state index in [-0.39, 0.29) is 11.4 Å². The zero-order chi connectivity index (χ0) is 16.4. The molecule has 3 rings (SSSR count). The number of methoxy groups -OCH3 is 1. The highest BCUT2D eigenvalue weighted by Crippen LogP contribution is 2.37. The Morgan fingerprint density at radius 2 is 2.13 bits per heavy atom. The van der Waals surface area contributed by atoms with E-state index in [1.165, 1.54) is 25.3 Å². The zero-order valence-electron chi connectivity index (χ0n) is 13.0. The van der Waals surface area contributed by atoms with Crippen LogP contribution < -0.4 is 4.74 Å². The second kappa shape index (κ2) is 6.32. The highest BCUT2D eigenvalue weighted by Gasteiger charge is 2.27. The molecule has 1 saturated carbocycles. The van der Waals surface area contributed by atoms with E-state index in [0.29, 0.717) is 17.3 Å². The van der Waals surface area contributed by atoms with Gasteiger partial charge in [0.25, 0.3) is 0 Å². The van der Waals surface area contributed by atoms with Gasteiger partial charge in [-0.1, -0.05) is 6.07 Å². The lowest BCUT2D eigenvalue weighted by Gasteiger charge is -2.14. The quantitative estimate of drug-likeness (QED) is 0.791. The number of benzene rings is 1. The molecule has 0 saturated heterocycles. The summed E-state index contributed by atoms with van der Waals surface area (Å²) in [6, 6.07) is 5.99. The van der Waals surface area contributed by atoms with Crippen molar-refractivity contribution in [3.63, 3.8) is 0 Å². The smallest absolute Gasteiger partial charge is 0.357 e. The summed E-state index contributed by atoms with van der Waals surface area (Å²) in [5, 5.41) is 0. The lowest BCUT2D eigenvalue weighted by atomic mass is 10.1. The highest BCUT2D eigenvalue weighted by atomic mass is 19.1. The molecule has 2 aromatic rings. The van der Waals surface area contributed by atoms with Crippen LogP contribution >= 0.6 is 0 Å². The minimum atomic E-state index is -0.595. The van der Waals surface area contributed by atoms with Crippen molar-refractivity contribution in [1.29, 1.82) is 0 Å². The van der Waals surface area contributed by atoms with E-state index in [1.807, 2.05) is 0 Å². The van der Waals surface area contributed by atoms with E-state index in [1.54, 1.807) is 19.2 Å². The fraction of sp³-hybridized carbons (Fsp3) is 0.353. The van der Waals surface area contributed by atoms with Gasteiger partial charge in [-0.25, -0.2) is 19.2 Å². The van der Waals surface area contributed by atoms with Crippen molar-refractivity contribution in [2.45, 2.75) is 31.8 Å². The highest BCUT2D eigenvalue weighted by molar-refractivity contribution is 5.87. The number of hydrogen-bond donors (Lipinski definition) is 0. The van der Waals surface area contributed by atoms with Crippen LogP contribution in [0.3, 0.4) is 0 Å². The van der Waals surface area contributed by atoms with Gasteiger partial charge in [0.2, 0.25) is 0 Å². The van der Waals surface area contributed by atoms with Crippen molar-refractivity contribution in [2.75, 3.05) is 7.11 Å². The minimum absolute atomic E-state index is 0.150. The van der Waals surface area contributed by atoms with Crippen LogP contribution in [0.1, 0.15) is 53.7 Å². The molecule has 1 aromatic heterocycles. The first-order chi connectivity index (χ1) is 11.1. The van der Waals surface area contributed by atoms with Crippen LogP contribution in [-0.4, -0.2) is 23.0 Å². The van der Waals surface area contributed by atoms with Gasteiger partial charge in [0.15, 0.2) is 17.3 Å². The summed E-state index contributed by atoms with van der Waals surface area (Å²) in [7, 11) is 1.40. The maximum atomic E-state index is 13.7. The van der Waals surface area contributed by atoms with E-state index in [4.69, 9.17) is 9.47 Å². The molecule has 0 radical (unpaired) electrons. The predicted octanol–water partition coefficient (Wildman–Crippen LogP) is 3.42. The molecule has 6 heteroatoms. The van der Waals surface area contributed by atoms with Gasteiger partial charge in [0.05, 0.1) is 7.11 Å². The molecule has 0 spiro atoms. The number of aromatic nitrogens is 2. The van der Waals surface area contributed by atoms with Crippen LogP contribution in [0.25, 0.3) is 0 Å². The molecule has 1 aliphatic carbocycles. The van der Waals surface area contributed by atoms with E-state index in [9.17, 15) is 9.18 Å². The number of carbonyl (C=O) groups excluding carboxylic acids is 1. The fourth-order valence-electron chi connectivity index (χ4n) is 2.25. The second-order valence-corrected chi connectivity index (χ2v) is 5.52. The van der Waals surface area contributed by atoms with Crippen molar-refractivity contribution in [3.8, 4) is 5.75 Å². The normalized spacial score (nSPS) is 15.1. The van der Waals surface area contributed by atoms with E-state index >= 15 is 0 Å². The van der Waals surface area contributed by atoms with Gasteiger partial charge in [-0.15, -0.1) is 0 Å². The fourth-order valence-corrected chi connectivity index (χ4v) is 2.25. The Labute approximate surface area is 133 Å². The Balaban J connectivity index is 1.71. The molecule has 0 N–H and O–H groups in total. The molecule has 1 fully saturated rings. The van der Waals surface area contributed by atoms with Crippen LogP contribution in [-0.2, 0) is 4.74 Å². The molecule has 1 aromatic carbocycles. The molecule has 1 atom stereocenters. The van der Waals surface area contributed by atoms with Crippen molar-refractivity contribution >= 4 is 5.97 Å². The third-order valence-corrected chi connectivity index (χ3v) is 3.75. The number of ether oxygens (including phenoxy) is 2. The van der Waals surface area contributed by atoms with Crippen LogP contribution in [0.4, 0.5) is 4.39 Å². The molecule has 120 valence electrons. The van der Waals surface area contributed by atoms with Gasteiger partial charge in [0, 0.05) is 12.1 Å². The van der Waals surface area contributed by atoms with Crippen molar-refractivity contribution in [2.24, 2.45) is 0 Å². The van der Waals surface area contributed by atoms with E-state index < -0.39 is 17.9 Å². The van der Waals surface area contributed by atoms with Crippen LogP contribution in [0.15, 0.2) is 30.5 Å². The summed E-state index contributed by atoms with van der Waals surface area (Å²) in [6.45, 7) is 1.68. The lowest BCUT2D eigenvalue weighted by Crippen LogP contribution is -2.12. The molecule has 0 aliphatic heterocycles. The van der Waals surface area contributed by atoms with Gasteiger partial charge in [-0.05, 0) is 43.5 Å². The molecule has 0 amide bonds. The second-order valence-electron chi connectivity index (χ2n) is 5.52. The molecule has 1 heterocycles. The molecule has 23 heavy (non-hydrogen) atoms. The Kier molecular flexibility index (Phi) is 4.23. The third kappa shape index (κ3) is 3.47. The Morgan fingerprint density at radius 3 is 2.78 bits per heavy atom. The van der Waals surface area contributed by atoms with Gasteiger partial charge in [-0.3, -0.25) is 0 Å². The molecular weight excluding hydrogens is 299 g/mol. The summed E-state index contributed by atoms with van der Waals surface area (Å²) in [5.41, 5.74) is 0.774. The Bertz CT molecular complexity index is 732. The number of halogens is 1. The summed E-state index contributed by atoms with van der Waals surface area (Å²) in [4.78, 5) is 20.6. The average molecular weight is 316 g/mol. The van der Waals surface area contributed by atoms with Crippen LogP contribution in [0, 0.1) is 5.82 Å². The Hall–Kier alpha value is -2.50. The molecule has 1 aliphatic rings. The first-order valence-corrected chi connectivity index (χ1v) is 7.46. The predicted molar refractivity (Wildman–Crippen MR) is 80.8 cm³/mol. The number of rotatable bonds is 5. The number of carbonyl (C=O) groups is 1. The van der Waals surface area contributed by atoms with E-state index in [2.05, 4.69) is 9.97 Å². The van der Waals surface area contributed by atoms with Crippen LogP contribution in [0.2, 0.25) is 0 Å². The third-order valence-electron chi connectivity index (χ3n) is 3.75. The summed E-state index contributed by atoms with van der Waals surface area (Å²) in [6.07, 6.45) is 3.08. The number of esters is 1. The van der Waals surface area contributed by atoms with Crippen molar-refractivity contribution in [3.05, 3.63) is 53.4 Å². The van der Waals surface area contributed by atoms with Crippen molar-refractivity contribution in [1.82, 2.24) is 9.97 Å². The summed E-state index contributed by atoms with van der Waals surface area (Å²) >= 11 is 0. The number of nitrogens with zero attached hydrogens (tertiary/aromatic N) is 2. The summed E-state index contributed by atoms with van der Waals surface area (Å²) < 4.78 is 24.0. The maximum Gasteiger partial charge on any atom is 0.357 e. The zero-order valence-corrected chi connectivity index (χ0v) is 13.0. The first kappa shape index (κ1) is 15.4. The molecule has 0 unspecified atom stereocenters. The molecule has 5 nitrogen and oxygen atoms in total. The molecule has 0 bridgehead atoms. The molecular formula is C17H17FN2O3. The SMILES string of the molecule is COc1ccc([C@H](C)OC(=O)c2ccnc(C3CC3)n2)cc1F. The average Bonchev–Trinajstić information content (AvgIpc) is 3.39. The monoisotopic (exact) mass is 316 g/mol. The topological polar surface area (TPSA) is 61.3 Å². The van der Waals surface area contributed by atoms with Gasteiger partial charge in [-0.2, -0.15) is 0 Å². The Morgan fingerprint density at radius 1 is 1.35 bits per heavy atom.